The second kappa shape index (κ2) is 5.92. The molecule has 104 valence electrons. The van der Waals surface area contributed by atoms with Crippen molar-refractivity contribution in [2.45, 2.75) is 19.8 Å². The van der Waals surface area contributed by atoms with Crippen LogP contribution in [0.1, 0.15) is 25.3 Å². The van der Waals surface area contributed by atoms with E-state index in [0.717, 1.165) is 16.8 Å². The van der Waals surface area contributed by atoms with Crippen LogP contribution in [0.25, 0.3) is 22.4 Å². The third kappa shape index (κ3) is 3.03. The van der Waals surface area contributed by atoms with E-state index in [0.29, 0.717) is 5.92 Å². The lowest BCUT2D eigenvalue weighted by atomic mass is 9.98. The number of benzene rings is 2. The molecule has 0 spiro atoms. The first-order valence-corrected chi connectivity index (χ1v) is 7.36. The molecule has 1 heterocycles. The highest BCUT2D eigenvalue weighted by molar-refractivity contribution is 5.67. The summed E-state index contributed by atoms with van der Waals surface area (Å²) in [6, 6.07) is 23.2. The van der Waals surface area contributed by atoms with Gasteiger partial charge >= 0.3 is 0 Å². The molecule has 0 aliphatic carbocycles. The summed E-state index contributed by atoms with van der Waals surface area (Å²) in [4.78, 5) is 4.60. The quantitative estimate of drug-likeness (QED) is 0.610. The van der Waals surface area contributed by atoms with Gasteiger partial charge in [-0.3, -0.25) is 4.98 Å². The van der Waals surface area contributed by atoms with Crippen molar-refractivity contribution in [3.63, 3.8) is 0 Å². The summed E-state index contributed by atoms with van der Waals surface area (Å²) in [5, 5.41) is 0. The monoisotopic (exact) mass is 273 g/mol. The second-order valence-corrected chi connectivity index (χ2v) is 5.58. The summed E-state index contributed by atoms with van der Waals surface area (Å²) in [6.07, 6.45) is 1.96. The van der Waals surface area contributed by atoms with Crippen molar-refractivity contribution in [1.29, 1.82) is 0 Å². The first-order chi connectivity index (χ1) is 10.2. The topological polar surface area (TPSA) is 12.9 Å². The first-order valence-electron chi connectivity index (χ1n) is 7.36. The maximum Gasteiger partial charge on any atom is 0.0702 e. The largest absolute Gasteiger partial charge is 0.256 e. The highest BCUT2D eigenvalue weighted by Gasteiger charge is 2.04. The summed E-state index contributed by atoms with van der Waals surface area (Å²) in [7, 11) is 0. The first kappa shape index (κ1) is 13.6. The van der Waals surface area contributed by atoms with Crippen LogP contribution in [0.3, 0.4) is 0 Å². The van der Waals surface area contributed by atoms with Crippen LogP contribution in [-0.4, -0.2) is 4.98 Å². The average molecular weight is 273 g/mol. The minimum Gasteiger partial charge on any atom is -0.256 e. The van der Waals surface area contributed by atoms with E-state index in [9.17, 15) is 0 Å². The molecule has 3 rings (SSSR count). The van der Waals surface area contributed by atoms with Crippen LogP contribution >= 0.6 is 0 Å². The number of hydrogen-bond donors (Lipinski definition) is 0. The normalized spacial score (nSPS) is 10.8. The molecular formula is C20H19N. The van der Waals surface area contributed by atoms with E-state index in [2.05, 4.69) is 67.4 Å². The number of hydrogen-bond acceptors (Lipinski definition) is 1. The van der Waals surface area contributed by atoms with E-state index in [1.807, 2.05) is 24.4 Å². The zero-order valence-electron chi connectivity index (χ0n) is 12.5. The number of nitrogens with zero attached hydrogens (tertiary/aromatic N) is 1. The van der Waals surface area contributed by atoms with Gasteiger partial charge in [-0.05, 0) is 23.1 Å². The van der Waals surface area contributed by atoms with Crippen LogP contribution in [0.2, 0.25) is 0 Å². The fraction of sp³-hybridized carbons (Fsp3) is 0.150. The molecule has 0 atom stereocenters. The van der Waals surface area contributed by atoms with Gasteiger partial charge in [-0.25, -0.2) is 0 Å². The maximum atomic E-state index is 4.60. The standard InChI is InChI=1S/C20H19N/c1-15(2)17-9-6-10-18(13-17)19-11-12-20(21-14-19)16-7-4-3-5-8-16/h3-15H,1-2H3. The highest BCUT2D eigenvalue weighted by Crippen LogP contribution is 2.25. The van der Waals surface area contributed by atoms with Gasteiger partial charge in [-0.1, -0.05) is 74.5 Å². The Hall–Kier alpha value is -2.41. The van der Waals surface area contributed by atoms with Crippen LogP contribution in [0, 0.1) is 0 Å². The summed E-state index contributed by atoms with van der Waals surface area (Å²) in [5.41, 5.74) is 5.92. The van der Waals surface area contributed by atoms with E-state index in [-0.39, 0.29) is 0 Å². The highest BCUT2D eigenvalue weighted by atomic mass is 14.7. The smallest absolute Gasteiger partial charge is 0.0702 e. The van der Waals surface area contributed by atoms with E-state index in [1.165, 1.54) is 11.1 Å². The fourth-order valence-electron chi connectivity index (χ4n) is 2.42. The molecular weight excluding hydrogens is 254 g/mol. The molecule has 1 heteroatoms. The summed E-state index contributed by atoms with van der Waals surface area (Å²) >= 11 is 0. The van der Waals surface area contributed by atoms with Gasteiger partial charge in [0.1, 0.15) is 0 Å². The van der Waals surface area contributed by atoms with Crippen molar-refractivity contribution in [2.24, 2.45) is 0 Å². The van der Waals surface area contributed by atoms with Crippen molar-refractivity contribution in [1.82, 2.24) is 4.98 Å². The molecule has 0 radical (unpaired) electrons. The molecule has 1 nitrogen and oxygen atoms in total. The molecule has 0 N–H and O–H groups in total. The van der Waals surface area contributed by atoms with Crippen LogP contribution in [-0.2, 0) is 0 Å². The zero-order chi connectivity index (χ0) is 14.7. The van der Waals surface area contributed by atoms with Crippen LogP contribution in [0.4, 0.5) is 0 Å². The Balaban J connectivity index is 1.93. The molecule has 0 unspecified atom stereocenters. The Kier molecular flexibility index (Phi) is 3.83. The van der Waals surface area contributed by atoms with Crippen molar-refractivity contribution < 1.29 is 0 Å². The Labute approximate surface area is 126 Å². The molecule has 2 aromatic carbocycles. The minimum absolute atomic E-state index is 0.543. The van der Waals surface area contributed by atoms with Crippen molar-refractivity contribution >= 4 is 0 Å². The van der Waals surface area contributed by atoms with Gasteiger partial charge in [0.2, 0.25) is 0 Å². The summed E-state index contributed by atoms with van der Waals surface area (Å²) in [5.74, 6) is 0.543. The third-order valence-electron chi connectivity index (χ3n) is 3.72. The lowest BCUT2D eigenvalue weighted by Gasteiger charge is -2.08. The van der Waals surface area contributed by atoms with Gasteiger partial charge in [-0.15, -0.1) is 0 Å². The maximum absolute atomic E-state index is 4.60. The van der Waals surface area contributed by atoms with E-state index >= 15 is 0 Å². The summed E-state index contributed by atoms with van der Waals surface area (Å²) in [6.45, 7) is 4.44. The number of pyridine rings is 1. The number of rotatable bonds is 3. The van der Waals surface area contributed by atoms with Crippen LogP contribution in [0.15, 0.2) is 72.9 Å². The van der Waals surface area contributed by atoms with Gasteiger partial charge in [0.15, 0.2) is 0 Å². The van der Waals surface area contributed by atoms with Crippen molar-refractivity contribution in [3.8, 4) is 22.4 Å². The predicted octanol–water partition coefficient (Wildman–Crippen LogP) is 5.54. The van der Waals surface area contributed by atoms with Crippen LogP contribution in [0.5, 0.6) is 0 Å². The van der Waals surface area contributed by atoms with E-state index in [1.54, 1.807) is 0 Å². The predicted molar refractivity (Wildman–Crippen MR) is 89.2 cm³/mol. The Bertz CT molecular complexity index is 712. The van der Waals surface area contributed by atoms with Crippen LogP contribution < -0.4 is 0 Å². The molecule has 3 aromatic rings. The van der Waals surface area contributed by atoms with E-state index in [4.69, 9.17) is 0 Å². The summed E-state index contributed by atoms with van der Waals surface area (Å²) < 4.78 is 0. The Morgan fingerprint density at radius 3 is 2.14 bits per heavy atom. The van der Waals surface area contributed by atoms with Gasteiger partial charge < -0.3 is 0 Å². The van der Waals surface area contributed by atoms with Gasteiger partial charge in [0, 0.05) is 17.3 Å². The van der Waals surface area contributed by atoms with Gasteiger partial charge in [0.25, 0.3) is 0 Å². The molecule has 0 amide bonds. The fourth-order valence-corrected chi connectivity index (χ4v) is 2.42. The molecule has 0 saturated heterocycles. The lowest BCUT2D eigenvalue weighted by molar-refractivity contribution is 0.867. The zero-order valence-corrected chi connectivity index (χ0v) is 12.5. The molecule has 0 bridgehead atoms. The molecule has 0 aliphatic rings. The third-order valence-corrected chi connectivity index (χ3v) is 3.72. The van der Waals surface area contributed by atoms with Gasteiger partial charge in [0.05, 0.1) is 5.69 Å². The molecule has 0 fully saturated rings. The molecule has 0 saturated carbocycles. The van der Waals surface area contributed by atoms with Gasteiger partial charge in [-0.2, -0.15) is 0 Å². The SMILES string of the molecule is CC(C)c1cccc(-c2ccc(-c3ccccc3)nc2)c1. The molecule has 0 aliphatic heterocycles. The van der Waals surface area contributed by atoms with Crippen molar-refractivity contribution in [3.05, 3.63) is 78.5 Å². The number of aromatic nitrogens is 1. The average Bonchev–Trinajstić information content (AvgIpc) is 2.56. The molecule has 21 heavy (non-hydrogen) atoms. The van der Waals surface area contributed by atoms with Crippen molar-refractivity contribution in [2.75, 3.05) is 0 Å². The lowest BCUT2D eigenvalue weighted by Crippen LogP contribution is -1.89. The second-order valence-electron chi connectivity index (χ2n) is 5.58. The minimum atomic E-state index is 0.543. The van der Waals surface area contributed by atoms with E-state index < -0.39 is 0 Å². The Morgan fingerprint density at radius 1 is 0.714 bits per heavy atom. The Morgan fingerprint density at radius 2 is 1.48 bits per heavy atom. The molecule has 1 aromatic heterocycles.